The van der Waals surface area contributed by atoms with Crippen LogP contribution in [0, 0.1) is 28.6 Å². The lowest BCUT2D eigenvalue weighted by molar-refractivity contribution is -0.128. The van der Waals surface area contributed by atoms with Crippen LogP contribution in [0.15, 0.2) is 11.6 Å². The van der Waals surface area contributed by atoms with Crippen LogP contribution in [0.4, 0.5) is 0 Å². The first-order valence-corrected chi connectivity index (χ1v) is 11.5. The molecule has 3 saturated carbocycles. The molecule has 3 fully saturated rings. The van der Waals surface area contributed by atoms with E-state index in [1.807, 2.05) is 6.08 Å². The van der Waals surface area contributed by atoms with Gasteiger partial charge in [-0.3, -0.25) is 14.4 Å². The minimum Gasteiger partial charge on any atom is -0.391 e. The molecule has 154 valence electrons. The Morgan fingerprint density at radius 2 is 1.82 bits per heavy atom. The number of hydrogen-bond acceptors (Lipinski definition) is 5. The molecule has 0 aliphatic heterocycles. The highest BCUT2D eigenvalue weighted by Gasteiger charge is 2.70. The van der Waals surface area contributed by atoms with Gasteiger partial charge in [-0.2, -0.15) is 0 Å². The highest BCUT2D eigenvalue weighted by Crippen LogP contribution is 2.70. The monoisotopic (exact) mass is 404 g/mol. The zero-order chi connectivity index (χ0) is 20.5. The Bertz CT molecular complexity index is 773. The Labute approximate surface area is 171 Å². The molecular formula is C23H32O4S. The zero-order valence-electron chi connectivity index (χ0n) is 17.4. The molecule has 0 heterocycles. The highest BCUT2D eigenvalue weighted by molar-refractivity contribution is 8.15. The first kappa shape index (κ1) is 20.3. The van der Waals surface area contributed by atoms with Gasteiger partial charge in [-0.1, -0.05) is 31.2 Å². The van der Waals surface area contributed by atoms with Crippen LogP contribution in [0.3, 0.4) is 0 Å². The second-order valence-electron chi connectivity index (χ2n) is 10.1. The molecule has 0 bridgehead atoms. The fourth-order valence-corrected chi connectivity index (χ4v) is 9.00. The van der Waals surface area contributed by atoms with E-state index in [2.05, 4.69) is 13.8 Å². The topological polar surface area (TPSA) is 71.4 Å². The van der Waals surface area contributed by atoms with E-state index in [4.69, 9.17) is 0 Å². The normalized spacial score (nSPS) is 47.6. The van der Waals surface area contributed by atoms with Crippen LogP contribution in [0.5, 0.6) is 0 Å². The van der Waals surface area contributed by atoms with E-state index < -0.39 is 10.9 Å². The maximum absolute atomic E-state index is 12.9. The third-order valence-electron chi connectivity index (χ3n) is 8.97. The third-order valence-corrected chi connectivity index (χ3v) is 10.6. The van der Waals surface area contributed by atoms with Gasteiger partial charge in [0.1, 0.15) is 10.5 Å². The highest BCUT2D eigenvalue weighted by atomic mass is 32.2. The predicted molar refractivity (Wildman–Crippen MR) is 110 cm³/mol. The minimum absolute atomic E-state index is 0.0606. The van der Waals surface area contributed by atoms with Crippen molar-refractivity contribution in [1.82, 2.24) is 0 Å². The van der Waals surface area contributed by atoms with Crippen molar-refractivity contribution in [3.63, 3.8) is 0 Å². The molecule has 0 radical (unpaired) electrons. The number of thioether (sulfide) groups is 1. The number of carbonyl (C=O) groups excluding carboxylic acids is 3. The number of aliphatic hydroxyl groups is 1. The molecular weight excluding hydrogens is 372 g/mol. The van der Waals surface area contributed by atoms with E-state index in [0.717, 1.165) is 43.9 Å². The molecule has 1 N–H and O–H groups in total. The number of hydrogen-bond donors (Lipinski definition) is 1. The Kier molecular flexibility index (Phi) is 4.74. The number of rotatable bonds is 2. The van der Waals surface area contributed by atoms with E-state index in [1.54, 1.807) is 6.92 Å². The van der Waals surface area contributed by atoms with Crippen molar-refractivity contribution in [2.75, 3.05) is 0 Å². The first-order chi connectivity index (χ1) is 13.1. The number of allylic oxidation sites excluding steroid dienone is 1. The van der Waals surface area contributed by atoms with Gasteiger partial charge in [0.25, 0.3) is 0 Å². The summed E-state index contributed by atoms with van der Waals surface area (Å²) in [6.45, 7) is 7.54. The minimum atomic E-state index is -1.02. The second kappa shape index (κ2) is 6.53. The van der Waals surface area contributed by atoms with Gasteiger partial charge in [-0.25, -0.2) is 0 Å². The fraction of sp³-hybridized carbons (Fsp3) is 0.783. The molecule has 0 saturated heterocycles. The number of aliphatic hydroxyl groups excluding tert-OH is 1. The van der Waals surface area contributed by atoms with Gasteiger partial charge in [0.05, 0.1) is 6.10 Å². The second-order valence-corrected chi connectivity index (χ2v) is 11.5. The van der Waals surface area contributed by atoms with Crippen molar-refractivity contribution in [3.05, 3.63) is 11.6 Å². The number of carbonyl (C=O) groups is 3. The molecule has 0 aromatic rings. The van der Waals surface area contributed by atoms with Crippen LogP contribution in [0.2, 0.25) is 0 Å². The van der Waals surface area contributed by atoms with Crippen LogP contribution in [0.25, 0.3) is 0 Å². The van der Waals surface area contributed by atoms with Crippen LogP contribution < -0.4 is 0 Å². The van der Waals surface area contributed by atoms with Crippen LogP contribution >= 0.6 is 11.8 Å². The van der Waals surface area contributed by atoms with Crippen molar-refractivity contribution in [3.8, 4) is 0 Å². The van der Waals surface area contributed by atoms with Gasteiger partial charge in [0.2, 0.25) is 0 Å². The molecule has 0 amide bonds. The van der Waals surface area contributed by atoms with Gasteiger partial charge >= 0.3 is 0 Å². The van der Waals surface area contributed by atoms with E-state index >= 15 is 0 Å². The molecule has 28 heavy (non-hydrogen) atoms. The zero-order valence-corrected chi connectivity index (χ0v) is 18.2. The van der Waals surface area contributed by atoms with E-state index in [-0.39, 0.29) is 33.4 Å². The van der Waals surface area contributed by atoms with Crippen LogP contribution in [-0.4, -0.2) is 32.6 Å². The van der Waals surface area contributed by atoms with Crippen LogP contribution in [0.1, 0.15) is 72.6 Å². The summed E-state index contributed by atoms with van der Waals surface area (Å²) in [7, 11) is 0. The Morgan fingerprint density at radius 1 is 1.11 bits per heavy atom. The molecule has 0 aromatic heterocycles. The van der Waals surface area contributed by atoms with E-state index in [0.29, 0.717) is 24.7 Å². The van der Waals surface area contributed by atoms with E-state index in [9.17, 15) is 19.5 Å². The summed E-state index contributed by atoms with van der Waals surface area (Å²) in [6.07, 6.45) is 7.10. The van der Waals surface area contributed by atoms with Gasteiger partial charge < -0.3 is 5.11 Å². The smallest absolute Gasteiger partial charge is 0.186 e. The van der Waals surface area contributed by atoms with Crippen molar-refractivity contribution in [2.24, 2.45) is 28.6 Å². The summed E-state index contributed by atoms with van der Waals surface area (Å²) in [6, 6.07) is 0. The maximum Gasteiger partial charge on any atom is 0.186 e. The Morgan fingerprint density at radius 3 is 2.46 bits per heavy atom. The Balaban J connectivity index is 1.74. The summed E-state index contributed by atoms with van der Waals surface area (Å²) in [5.74, 6) is 1.38. The lowest BCUT2D eigenvalue weighted by atomic mass is 9.46. The molecule has 3 unspecified atom stereocenters. The Hall–Kier alpha value is -0.940. The predicted octanol–water partition coefficient (Wildman–Crippen LogP) is 4.10. The number of fused-ring (bicyclic) bond motifs is 5. The van der Waals surface area contributed by atoms with Gasteiger partial charge in [0.15, 0.2) is 10.9 Å². The van der Waals surface area contributed by atoms with Crippen molar-refractivity contribution >= 4 is 28.4 Å². The lowest BCUT2D eigenvalue weighted by Gasteiger charge is -2.59. The van der Waals surface area contributed by atoms with Gasteiger partial charge in [-0.05, 0) is 80.1 Å². The summed E-state index contributed by atoms with van der Waals surface area (Å²) in [5, 5.41) is 11.0. The van der Waals surface area contributed by atoms with Crippen LogP contribution in [-0.2, 0) is 14.4 Å². The summed E-state index contributed by atoms with van der Waals surface area (Å²) < 4.78 is -1.02. The van der Waals surface area contributed by atoms with Gasteiger partial charge in [0, 0.05) is 13.3 Å². The van der Waals surface area contributed by atoms with Crippen molar-refractivity contribution < 1.29 is 19.5 Å². The largest absolute Gasteiger partial charge is 0.391 e. The SMILES string of the molecule is CC(=O)S[C@@]1(C(C)=O)[C@H](O)CC2C3CCC4=CC(=O)CC[C@@]4(C)C3CC[C@]21C. The molecule has 4 aliphatic carbocycles. The van der Waals surface area contributed by atoms with Gasteiger partial charge in [-0.15, -0.1) is 0 Å². The van der Waals surface area contributed by atoms with Crippen molar-refractivity contribution in [2.45, 2.75) is 83.5 Å². The molecule has 4 nitrogen and oxygen atoms in total. The average Bonchev–Trinajstić information content (AvgIpc) is 2.83. The first-order valence-electron chi connectivity index (χ1n) is 10.7. The summed E-state index contributed by atoms with van der Waals surface area (Å²) in [4.78, 5) is 36.9. The van der Waals surface area contributed by atoms with Crippen molar-refractivity contribution in [1.29, 1.82) is 0 Å². The standard InChI is InChI=1S/C23H32O4S/c1-13(24)23(28-14(2)25)20(27)12-19-17-6-5-15-11-16(26)7-9-21(15,3)18(17)8-10-22(19,23)4/h11,17-20,27H,5-10,12H2,1-4H3/t17?,18?,19?,20-,21-,22-,23+/m1/s1. The van der Waals surface area contributed by atoms with E-state index in [1.165, 1.54) is 12.5 Å². The number of ketones is 2. The molecule has 4 rings (SSSR count). The molecule has 0 spiro atoms. The number of Topliss-reactive ketones (excluding diaryl/α,β-unsaturated/α-hetero) is 1. The third kappa shape index (κ3) is 2.51. The molecule has 4 aliphatic rings. The molecule has 0 aromatic carbocycles. The lowest BCUT2D eigenvalue weighted by Crippen LogP contribution is -2.58. The average molecular weight is 405 g/mol. The summed E-state index contributed by atoms with van der Waals surface area (Å²) in [5.41, 5.74) is 1.03. The fourth-order valence-electron chi connectivity index (χ4n) is 7.68. The maximum atomic E-state index is 12.9. The molecule has 5 heteroatoms. The quantitative estimate of drug-likeness (QED) is 0.750. The summed E-state index contributed by atoms with van der Waals surface area (Å²) >= 11 is 1.08. The molecule has 7 atom stereocenters.